The lowest BCUT2D eigenvalue weighted by Crippen LogP contribution is -2.09. The molecule has 11 heavy (non-hydrogen) atoms. The van der Waals surface area contributed by atoms with Gasteiger partial charge in [-0.2, -0.15) is 0 Å². The smallest absolute Gasteiger partial charge is 0.0317 e. The fraction of sp³-hybridized carbons (Fsp3) is 0.600. The molecule has 1 heteroatoms. The molecule has 0 aromatic heterocycles. The minimum atomic E-state index is 1.20. The summed E-state index contributed by atoms with van der Waals surface area (Å²) in [6.07, 6.45) is 9.06. The number of hydrogen-bond donors (Lipinski definition) is 0. The van der Waals surface area contributed by atoms with Crippen molar-refractivity contribution < 1.29 is 0 Å². The molecule has 0 saturated heterocycles. The van der Waals surface area contributed by atoms with E-state index in [0.29, 0.717) is 0 Å². The molecule has 0 N–H and O–H groups in total. The van der Waals surface area contributed by atoms with Gasteiger partial charge >= 0.3 is 0 Å². The zero-order valence-electron chi connectivity index (χ0n) is 8.09. The molecular formula is C10H19N. The van der Waals surface area contributed by atoms with Crippen LogP contribution in [-0.4, -0.2) is 19.0 Å². The molecule has 0 radical (unpaired) electrons. The Morgan fingerprint density at radius 1 is 1.18 bits per heavy atom. The molecule has 0 aliphatic heterocycles. The van der Waals surface area contributed by atoms with Gasteiger partial charge < -0.3 is 4.90 Å². The van der Waals surface area contributed by atoms with E-state index >= 15 is 0 Å². The van der Waals surface area contributed by atoms with Crippen LogP contribution in [0.5, 0.6) is 0 Å². The molecule has 64 valence electrons. The largest absolute Gasteiger partial charge is 0.378 e. The van der Waals surface area contributed by atoms with E-state index in [1.165, 1.54) is 18.5 Å². The molecule has 0 unspecified atom stereocenters. The Labute approximate surface area is 70.4 Å². The molecule has 0 aromatic rings. The van der Waals surface area contributed by atoms with Gasteiger partial charge in [0.25, 0.3) is 0 Å². The van der Waals surface area contributed by atoms with Gasteiger partial charge in [0.2, 0.25) is 0 Å². The Morgan fingerprint density at radius 2 is 1.82 bits per heavy atom. The molecule has 1 aliphatic carbocycles. The predicted molar refractivity (Wildman–Crippen MR) is 51.5 cm³/mol. The zero-order chi connectivity index (χ0) is 8.69. The molecule has 1 rings (SSSR count). The van der Waals surface area contributed by atoms with E-state index in [9.17, 15) is 0 Å². The third kappa shape index (κ3) is 3.87. The summed E-state index contributed by atoms with van der Waals surface area (Å²) >= 11 is 0. The average Bonchev–Trinajstić information content (AvgIpc) is 2.10. The van der Waals surface area contributed by atoms with E-state index < -0.39 is 0 Å². The van der Waals surface area contributed by atoms with Crippen LogP contribution in [0.1, 0.15) is 26.7 Å². The Balaban J connectivity index is 0.000000461. The van der Waals surface area contributed by atoms with Crippen LogP contribution < -0.4 is 0 Å². The highest BCUT2D eigenvalue weighted by Crippen LogP contribution is 2.10. The monoisotopic (exact) mass is 153 g/mol. The van der Waals surface area contributed by atoms with Crippen LogP contribution in [0.3, 0.4) is 0 Å². The summed E-state index contributed by atoms with van der Waals surface area (Å²) in [5.74, 6) is 0. The lowest BCUT2D eigenvalue weighted by Gasteiger charge is -2.15. The van der Waals surface area contributed by atoms with Crippen molar-refractivity contribution in [2.75, 3.05) is 14.1 Å². The Hall–Kier alpha value is -0.720. The summed E-state index contributed by atoms with van der Waals surface area (Å²) < 4.78 is 0. The van der Waals surface area contributed by atoms with Crippen LogP contribution >= 0.6 is 0 Å². The minimum Gasteiger partial charge on any atom is -0.378 e. The number of nitrogens with zero attached hydrogens (tertiary/aromatic N) is 1. The maximum atomic E-state index is 2.26. The van der Waals surface area contributed by atoms with Gasteiger partial charge in [0.1, 0.15) is 0 Å². The van der Waals surface area contributed by atoms with Gasteiger partial charge in [-0.05, 0) is 18.9 Å². The predicted octanol–water partition coefficient (Wildman–Crippen LogP) is 2.81. The second-order valence-corrected chi connectivity index (χ2v) is 2.50. The van der Waals surface area contributed by atoms with Crippen molar-refractivity contribution >= 4 is 0 Å². The van der Waals surface area contributed by atoms with E-state index in [1.807, 2.05) is 13.8 Å². The topological polar surface area (TPSA) is 3.24 Å². The van der Waals surface area contributed by atoms with E-state index in [4.69, 9.17) is 0 Å². The van der Waals surface area contributed by atoms with Crippen molar-refractivity contribution in [1.82, 2.24) is 4.90 Å². The van der Waals surface area contributed by atoms with E-state index in [-0.39, 0.29) is 0 Å². The quantitative estimate of drug-likeness (QED) is 0.560. The summed E-state index contributed by atoms with van der Waals surface area (Å²) in [5, 5.41) is 0. The third-order valence-electron chi connectivity index (χ3n) is 1.49. The summed E-state index contributed by atoms with van der Waals surface area (Å²) in [4.78, 5) is 2.13. The molecule has 1 aliphatic rings. The molecule has 0 bridgehead atoms. The fourth-order valence-corrected chi connectivity index (χ4v) is 0.931. The van der Waals surface area contributed by atoms with E-state index in [1.54, 1.807) is 0 Å². The first kappa shape index (κ1) is 10.3. The highest BCUT2D eigenvalue weighted by molar-refractivity contribution is 5.19. The van der Waals surface area contributed by atoms with E-state index in [2.05, 4.69) is 37.2 Å². The van der Waals surface area contributed by atoms with Crippen LogP contribution in [0.2, 0.25) is 0 Å². The lowest BCUT2D eigenvalue weighted by atomic mass is 10.1. The summed E-state index contributed by atoms with van der Waals surface area (Å²) in [7, 11) is 4.14. The lowest BCUT2D eigenvalue weighted by molar-refractivity contribution is 0.524. The van der Waals surface area contributed by atoms with Crippen molar-refractivity contribution in [3.05, 3.63) is 23.9 Å². The molecule has 0 fully saturated rings. The number of rotatable bonds is 1. The molecule has 0 atom stereocenters. The number of likely N-dealkylation sites (N-methyl/N-ethyl adjacent to an activating group) is 1. The van der Waals surface area contributed by atoms with Gasteiger partial charge in [-0.25, -0.2) is 0 Å². The normalized spacial score (nSPS) is 14.7. The zero-order valence-corrected chi connectivity index (χ0v) is 8.09. The molecule has 1 nitrogen and oxygen atoms in total. The molecule has 0 heterocycles. The summed E-state index contributed by atoms with van der Waals surface area (Å²) in [6.45, 7) is 4.00. The van der Waals surface area contributed by atoms with Gasteiger partial charge in [0, 0.05) is 19.8 Å². The summed E-state index contributed by atoms with van der Waals surface area (Å²) in [5.41, 5.74) is 1.33. The van der Waals surface area contributed by atoms with Gasteiger partial charge in [-0.15, -0.1) is 0 Å². The van der Waals surface area contributed by atoms with Crippen molar-refractivity contribution in [2.45, 2.75) is 26.7 Å². The first-order chi connectivity index (χ1) is 5.30. The first-order valence-electron chi connectivity index (χ1n) is 4.35. The van der Waals surface area contributed by atoms with Crippen LogP contribution in [0, 0.1) is 0 Å². The molecular weight excluding hydrogens is 134 g/mol. The molecule has 0 amide bonds. The van der Waals surface area contributed by atoms with Gasteiger partial charge in [0.15, 0.2) is 0 Å². The van der Waals surface area contributed by atoms with Gasteiger partial charge in [-0.3, -0.25) is 0 Å². The van der Waals surface area contributed by atoms with E-state index in [0.717, 1.165) is 0 Å². The van der Waals surface area contributed by atoms with Crippen molar-refractivity contribution in [3.63, 3.8) is 0 Å². The molecule has 0 saturated carbocycles. The fourth-order valence-electron chi connectivity index (χ4n) is 0.931. The Morgan fingerprint density at radius 3 is 2.09 bits per heavy atom. The SMILES string of the molecule is CC.CN(C)C1=CCCC=C1. The standard InChI is InChI=1S/C8H13N.C2H6/c1-9(2)8-6-4-3-5-7-8;1-2/h4,6-7H,3,5H2,1-2H3;1-2H3. The van der Waals surface area contributed by atoms with Crippen molar-refractivity contribution in [2.24, 2.45) is 0 Å². The molecule has 0 spiro atoms. The highest BCUT2D eigenvalue weighted by atomic mass is 15.1. The van der Waals surface area contributed by atoms with Crippen molar-refractivity contribution in [1.29, 1.82) is 0 Å². The minimum absolute atomic E-state index is 1.20. The first-order valence-corrected chi connectivity index (χ1v) is 4.35. The maximum Gasteiger partial charge on any atom is 0.0317 e. The summed E-state index contributed by atoms with van der Waals surface area (Å²) in [6, 6.07) is 0. The average molecular weight is 153 g/mol. The second kappa shape index (κ2) is 6.02. The second-order valence-electron chi connectivity index (χ2n) is 2.50. The molecule has 0 aromatic carbocycles. The number of hydrogen-bond acceptors (Lipinski definition) is 1. The number of allylic oxidation sites excluding steroid dienone is 3. The van der Waals surface area contributed by atoms with Crippen LogP contribution in [0.15, 0.2) is 23.9 Å². The third-order valence-corrected chi connectivity index (χ3v) is 1.49. The van der Waals surface area contributed by atoms with Crippen LogP contribution in [0.25, 0.3) is 0 Å². The van der Waals surface area contributed by atoms with Gasteiger partial charge in [0.05, 0.1) is 0 Å². The van der Waals surface area contributed by atoms with Crippen molar-refractivity contribution in [3.8, 4) is 0 Å². The Bertz CT molecular complexity index is 143. The Kier molecular flexibility index (Phi) is 5.63. The van der Waals surface area contributed by atoms with Gasteiger partial charge in [-0.1, -0.05) is 26.0 Å². The van der Waals surface area contributed by atoms with Crippen LogP contribution in [0.4, 0.5) is 0 Å². The highest BCUT2D eigenvalue weighted by Gasteiger charge is 1.96. The van der Waals surface area contributed by atoms with Crippen LogP contribution in [-0.2, 0) is 0 Å². The maximum absolute atomic E-state index is 2.26.